The summed E-state index contributed by atoms with van der Waals surface area (Å²) in [7, 11) is 1.27. The Morgan fingerprint density at radius 2 is 1.32 bits per heavy atom. The van der Waals surface area contributed by atoms with E-state index >= 15 is 0 Å². The van der Waals surface area contributed by atoms with Crippen LogP contribution in [0.4, 0.5) is 0 Å². The molecule has 0 N–H and O–H groups in total. The lowest BCUT2D eigenvalue weighted by atomic mass is 10.2. The number of methoxy groups -OCH3 is 1. The molecule has 1 nitrogen and oxygen atoms in total. The Hall–Kier alpha value is -2.11. The second-order valence-corrected chi connectivity index (χ2v) is 7.25. The number of hydrogen-bond acceptors (Lipinski definition) is 1. The molecule has 1 unspecified atom stereocenters. The molecule has 0 heterocycles. The Kier molecular flexibility index (Phi) is 4.88. The van der Waals surface area contributed by atoms with Crippen molar-refractivity contribution >= 4 is 18.5 Å². The van der Waals surface area contributed by atoms with Crippen molar-refractivity contribution in [3.63, 3.8) is 0 Å². The van der Waals surface area contributed by atoms with Crippen molar-refractivity contribution in [2.24, 2.45) is 0 Å². The van der Waals surface area contributed by atoms with Crippen molar-refractivity contribution in [1.29, 1.82) is 0 Å². The Morgan fingerprint density at radius 1 is 0.727 bits per heavy atom. The third kappa shape index (κ3) is 3.37. The van der Waals surface area contributed by atoms with Crippen LogP contribution in [0.2, 0.25) is 0 Å². The molecule has 1 atom stereocenters. The third-order valence-corrected chi connectivity index (χ3v) is 6.18. The molecule has 0 saturated heterocycles. The average Bonchev–Trinajstić information content (AvgIpc) is 2.61. The molecule has 0 bridgehead atoms. The lowest BCUT2D eigenvalue weighted by molar-refractivity contribution is 0.418. The van der Waals surface area contributed by atoms with E-state index in [0.29, 0.717) is 0 Å². The second kappa shape index (κ2) is 7.24. The summed E-state index contributed by atoms with van der Waals surface area (Å²) in [6.45, 7) is 0. The zero-order valence-corrected chi connectivity index (χ0v) is 13.5. The summed E-state index contributed by atoms with van der Waals surface area (Å²) in [5.74, 6) is 0.980. The summed E-state index contributed by atoms with van der Waals surface area (Å²) < 4.78 is 5.60. The lowest BCUT2D eigenvalue weighted by Crippen LogP contribution is -2.15. The second-order valence-electron chi connectivity index (χ2n) is 5.08. The van der Waals surface area contributed by atoms with E-state index in [-0.39, 0.29) is 0 Å². The maximum absolute atomic E-state index is 5.60. The molecular weight excluding hydrogens is 287 g/mol. The van der Waals surface area contributed by atoms with Crippen molar-refractivity contribution in [1.82, 2.24) is 0 Å². The number of ether oxygens (including phenoxy) is 1. The molecule has 3 aromatic carbocycles. The van der Waals surface area contributed by atoms with E-state index in [4.69, 9.17) is 4.74 Å². The summed E-state index contributed by atoms with van der Waals surface area (Å²) in [6, 6.07) is 29.8. The van der Waals surface area contributed by atoms with Gasteiger partial charge in [-0.05, 0) is 24.9 Å². The largest absolute Gasteiger partial charge is 0.496 e. The van der Waals surface area contributed by atoms with Crippen LogP contribution in [0.1, 0.15) is 5.56 Å². The van der Waals surface area contributed by atoms with E-state index in [0.717, 1.165) is 11.9 Å². The van der Waals surface area contributed by atoms with E-state index < -0.39 is 7.92 Å². The molecule has 0 saturated carbocycles. The fraction of sp³-hybridized carbons (Fsp3) is 0.100. The summed E-state index contributed by atoms with van der Waals surface area (Å²) in [4.78, 5) is 0. The van der Waals surface area contributed by atoms with Crippen molar-refractivity contribution in [2.45, 2.75) is 6.16 Å². The van der Waals surface area contributed by atoms with Gasteiger partial charge in [-0.15, -0.1) is 0 Å². The molecule has 0 aliphatic carbocycles. The Labute approximate surface area is 133 Å². The Balaban J connectivity index is 2.03. The highest BCUT2D eigenvalue weighted by Crippen LogP contribution is 2.40. The Bertz CT molecular complexity index is 710. The van der Waals surface area contributed by atoms with Gasteiger partial charge in [0.15, 0.2) is 0 Å². The first-order valence-electron chi connectivity index (χ1n) is 7.38. The molecule has 0 radical (unpaired) electrons. The highest BCUT2D eigenvalue weighted by atomic mass is 31.1. The van der Waals surface area contributed by atoms with Crippen LogP contribution in [0.3, 0.4) is 0 Å². The van der Waals surface area contributed by atoms with Gasteiger partial charge in [0.05, 0.1) is 7.11 Å². The van der Waals surface area contributed by atoms with Crippen molar-refractivity contribution in [2.75, 3.05) is 7.11 Å². The fourth-order valence-corrected chi connectivity index (χ4v) is 4.98. The topological polar surface area (TPSA) is 9.23 Å². The van der Waals surface area contributed by atoms with Gasteiger partial charge < -0.3 is 4.74 Å². The molecule has 0 spiro atoms. The van der Waals surface area contributed by atoms with Crippen molar-refractivity contribution in [3.05, 3.63) is 90.5 Å². The molecule has 0 aliphatic rings. The number of hydrogen-bond donors (Lipinski definition) is 0. The van der Waals surface area contributed by atoms with E-state index in [1.54, 1.807) is 7.11 Å². The highest BCUT2D eigenvalue weighted by Gasteiger charge is 2.17. The molecule has 0 amide bonds. The minimum Gasteiger partial charge on any atom is -0.496 e. The van der Waals surface area contributed by atoms with Gasteiger partial charge >= 0.3 is 0 Å². The normalized spacial score (nSPS) is 11.9. The van der Waals surface area contributed by atoms with Crippen LogP contribution in [0.25, 0.3) is 0 Å². The van der Waals surface area contributed by atoms with Crippen LogP contribution in [-0.4, -0.2) is 7.11 Å². The monoisotopic (exact) mass is 306 g/mol. The zero-order chi connectivity index (χ0) is 15.2. The highest BCUT2D eigenvalue weighted by molar-refractivity contribution is 7.72. The van der Waals surface area contributed by atoms with Crippen molar-refractivity contribution in [3.8, 4) is 5.75 Å². The van der Waals surface area contributed by atoms with Crippen LogP contribution >= 0.6 is 7.92 Å². The summed E-state index contributed by atoms with van der Waals surface area (Å²) in [5.41, 5.74) is 1.36. The summed E-state index contributed by atoms with van der Waals surface area (Å²) in [6.07, 6.45) is 1.03. The summed E-state index contributed by atoms with van der Waals surface area (Å²) in [5, 5.41) is 2.68. The van der Waals surface area contributed by atoms with Gasteiger partial charge in [-0.3, -0.25) is 0 Å². The minimum atomic E-state index is -0.479. The lowest BCUT2D eigenvalue weighted by Gasteiger charge is -2.21. The van der Waals surface area contributed by atoms with Gasteiger partial charge in [0.2, 0.25) is 0 Å². The van der Waals surface area contributed by atoms with Crippen LogP contribution in [0, 0.1) is 0 Å². The molecule has 3 rings (SSSR count). The van der Waals surface area contributed by atoms with Gasteiger partial charge in [0, 0.05) is 11.5 Å². The summed E-state index contributed by atoms with van der Waals surface area (Å²) >= 11 is 0. The predicted octanol–water partition coefficient (Wildman–Crippen LogP) is 4.33. The first kappa shape index (κ1) is 14.8. The quantitative estimate of drug-likeness (QED) is 0.638. The van der Waals surface area contributed by atoms with E-state index in [1.807, 2.05) is 6.07 Å². The molecule has 0 aliphatic heterocycles. The maximum atomic E-state index is 5.60. The van der Waals surface area contributed by atoms with E-state index in [9.17, 15) is 0 Å². The van der Waals surface area contributed by atoms with Crippen LogP contribution < -0.4 is 15.3 Å². The van der Waals surface area contributed by atoms with Gasteiger partial charge in [0.25, 0.3) is 0 Å². The molecule has 0 aromatic heterocycles. The maximum Gasteiger partial charge on any atom is 0.126 e. The first-order chi connectivity index (χ1) is 10.9. The number of rotatable bonds is 5. The van der Waals surface area contributed by atoms with Gasteiger partial charge in [0.1, 0.15) is 5.75 Å². The third-order valence-electron chi connectivity index (χ3n) is 3.63. The predicted molar refractivity (Wildman–Crippen MR) is 95.8 cm³/mol. The van der Waals surface area contributed by atoms with Crippen LogP contribution in [-0.2, 0) is 6.16 Å². The van der Waals surface area contributed by atoms with Crippen LogP contribution in [0.5, 0.6) is 5.75 Å². The standard InChI is InChI=1S/C20H19OP/c1-21-19-14-8-9-15-20(19)22(18-12-6-3-7-13-18)16-17-10-4-2-5-11-17/h2-15H,16H2,1H3. The SMILES string of the molecule is COc1ccccc1P(Cc1ccccc1)c1ccccc1. The van der Waals surface area contributed by atoms with Crippen LogP contribution in [0.15, 0.2) is 84.9 Å². The smallest absolute Gasteiger partial charge is 0.126 e. The zero-order valence-electron chi connectivity index (χ0n) is 12.6. The van der Waals surface area contributed by atoms with Crippen molar-refractivity contribution < 1.29 is 4.74 Å². The average molecular weight is 306 g/mol. The molecule has 3 aromatic rings. The molecular formula is C20H19OP. The van der Waals surface area contributed by atoms with Gasteiger partial charge in [-0.2, -0.15) is 0 Å². The number of benzene rings is 3. The van der Waals surface area contributed by atoms with Gasteiger partial charge in [-0.1, -0.05) is 78.9 Å². The van der Waals surface area contributed by atoms with Gasteiger partial charge in [-0.25, -0.2) is 0 Å². The molecule has 22 heavy (non-hydrogen) atoms. The Morgan fingerprint density at radius 3 is 2.00 bits per heavy atom. The van der Waals surface area contributed by atoms with E-state index in [1.165, 1.54) is 16.2 Å². The fourth-order valence-electron chi connectivity index (χ4n) is 2.54. The van der Waals surface area contributed by atoms with E-state index in [2.05, 4.69) is 78.9 Å². The molecule has 2 heteroatoms. The first-order valence-corrected chi connectivity index (χ1v) is 8.90. The molecule has 110 valence electrons. The molecule has 0 fully saturated rings. The minimum absolute atomic E-state index is 0.479. The number of para-hydroxylation sites is 1.